The van der Waals surface area contributed by atoms with E-state index in [1.54, 1.807) is 18.5 Å². The van der Waals surface area contributed by atoms with E-state index in [0.717, 1.165) is 48.3 Å². The lowest BCUT2D eigenvalue weighted by molar-refractivity contribution is -0.136. The minimum absolute atomic E-state index is 0.0119. The van der Waals surface area contributed by atoms with Crippen molar-refractivity contribution in [1.82, 2.24) is 19.5 Å². The van der Waals surface area contributed by atoms with Crippen LogP contribution in [0, 0.1) is 17.2 Å². The molecule has 3 aromatic rings. The van der Waals surface area contributed by atoms with E-state index in [0.29, 0.717) is 12.1 Å². The maximum absolute atomic E-state index is 13.5. The van der Waals surface area contributed by atoms with Crippen LogP contribution < -0.4 is 4.90 Å². The molecule has 1 amide bonds. The second-order valence-electron chi connectivity index (χ2n) is 8.71. The van der Waals surface area contributed by atoms with Crippen molar-refractivity contribution < 1.29 is 9.18 Å². The monoisotopic (exact) mass is 416 g/mol. The van der Waals surface area contributed by atoms with Gasteiger partial charge in [-0.15, -0.1) is 0 Å². The van der Waals surface area contributed by atoms with Crippen molar-refractivity contribution in [3.05, 3.63) is 48.5 Å². The van der Waals surface area contributed by atoms with Crippen LogP contribution in [-0.2, 0) is 4.79 Å². The molecule has 2 saturated heterocycles. The smallest absolute Gasteiger partial charge is 0.229 e. The molecule has 7 nitrogen and oxygen atoms in total. The molecule has 0 radical (unpaired) electrons. The topological polar surface area (TPSA) is 77.5 Å². The third-order valence-electron chi connectivity index (χ3n) is 6.80. The number of hydrogen-bond donors (Lipinski definition) is 0. The van der Waals surface area contributed by atoms with Crippen LogP contribution in [0.25, 0.3) is 16.6 Å². The summed E-state index contributed by atoms with van der Waals surface area (Å²) >= 11 is 0. The third-order valence-corrected chi connectivity index (χ3v) is 6.80. The van der Waals surface area contributed by atoms with Gasteiger partial charge in [0.25, 0.3) is 0 Å². The molecule has 3 fully saturated rings. The Morgan fingerprint density at radius 3 is 2.58 bits per heavy atom. The number of nitrogens with zero attached hydrogens (tertiary/aromatic N) is 6. The molecule has 4 atom stereocenters. The summed E-state index contributed by atoms with van der Waals surface area (Å²) in [6, 6.07) is 10.0. The van der Waals surface area contributed by atoms with Gasteiger partial charge in [-0.3, -0.25) is 4.79 Å². The second-order valence-corrected chi connectivity index (χ2v) is 8.71. The van der Waals surface area contributed by atoms with Crippen molar-refractivity contribution in [2.24, 2.45) is 5.92 Å². The number of carbonyl (C=O) groups is 1. The van der Waals surface area contributed by atoms with Crippen LogP contribution in [0.2, 0.25) is 0 Å². The summed E-state index contributed by atoms with van der Waals surface area (Å²) in [5.41, 5.74) is 4.38. The van der Waals surface area contributed by atoms with Gasteiger partial charge in [0.1, 0.15) is 17.9 Å². The van der Waals surface area contributed by atoms with Crippen LogP contribution in [0.15, 0.2) is 42.9 Å². The molecule has 3 aliphatic rings. The predicted octanol–water partition coefficient (Wildman–Crippen LogP) is 2.81. The van der Waals surface area contributed by atoms with E-state index in [-0.39, 0.29) is 18.0 Å². The second kappa shape index (κ2) is 6.77. The van der Waals surface area contributed by atoms with Crippen molar-refractivity contribution in [1.29, 1.82) is 5.26 Å². The van der Waals surface area contributed by atoms with Crippen LogP contribution in [0.3, 0.4) is 0 Å². The summed E-state index contributed by atoms with van der Waals surface area (Å²) in [5, 5.41) is 13.4. The highest BCUT2D eigenvalue weighted by Crippen LogP contribution is 2.41. The molecule has 0 N–H and O–H groups in total. The number of aromatic nitrogens is 3. The zero-order chi connectivity index (χ0) is 21.1. The molecule has 2 bridgehead atoms. The molecule has 0 spiro atoms. The van der Waals surface area contributed by atoms with Gasteiger partial charge in [0.05, 0.1) is 17.1 Å². The van der Waals surface area contributed by atoms with Gasteiger partial charge in [-0.2, -0.15) is 10.4 Å². The van der Waals surface area contributed by atoms with Gasteiger partial charge in [-0.05, 0) is 43.5 Å². The number of rotatable bonds is 3. The molecule has 1 aliphatic carbocycles. The van der Waals surface area contributed by atoms with Gasteiger partial charge < -0.3 is 9.80 Å². The zero-order valence-electron chi connectivity index (χ0n) is 16.9. The Morgan fingerprint density at radius 1 is 1.16 bits per heavy atom. The Morgan fingerprint density at radius 2 is 1.94 bits per heavy atom. The first-order chi connectivity index (χ1) is 15.1. The van der Waals surface area contributed by atoms with E-state index in [1.807, 2.05) is 33.8 Å². The first kappa shape index (κ1) is 18.3. The Kier molecular flexibility index (Phi) is 4.00. The number of halogens is 1. The van der Waals surface area contributed by atoms with Crippen molar-refractivity contribution in [2.75, 3.05) is 18.0 Å². The summed E-state index contributed by atoms with van der Waals surface area (Å²) in [4.78, 5) is 21.2. The van der Waals surface area contributed by atoms with E-state index < -0.39 is 12.1 Å². The largest absolute Gasteiger partial charge is 0.366 e. The summed E-state index contributed by atoms with van der Waals surface area (Å²) in [6.45, 7) is 1.51. The number of hydrogen-bond acceptors (Lipinski definition) is 5. The number of anilines is 1. The molecule has 6 rings (SSSR count). The van der Waals surface area contributed by atoms with Crippen LogP contribution in [-0.4, -0.2) is 56.8 Å². The quantitative estimate of drug-likeness (QED) is 0.656. The summed E-state index contributed by atoms with van der Waals surface area (Å²) in [7, 11) is 0. The number of nitriles is 1. The lowest BCUT2D eigenvalue weighted by atomic mass is 10.1. The minimum Gasteiger partial charge on any atom is -0.366 e. The van der Waals surface area contributed by atoms with Crippen LogP contribution in [0.5, 0.6) is 0 Å². The van der Waals surface area contributed by atoms with Crippen molar-refractivity contribution in [3.63, 3.8) is 0 Å². The van der Waals surface area contributed by atoms with E-state index in [2.05, 4.69) is 21.0 Å². The first-order valence-corrected chi connectivity index (χ1v) is 10.7. The maximum atomic E-state index is 13.5. The summed E-state index contributed by atoms with van der Waals surface area (Å²) in [6.07, 6.45) is 6.85. The standard InChI is InChI=1S/C23H21FN6O/c24-20-8-19(20)23(31)30-17-3-4-18(30)13-28(12-17)21-5-6-27-29-11-15(7-22(21)29)14-1-2-16(9-25)26-10-14/h1-2,5-7,10-11,17-20H,3-4,8,12-13H2/t17?,18?,19-,20-/m1/s1. The molecule has 2 unspecified atom stereocenters. The van der Waals surface area contributed by atoms with Gasteiger partial charge in [0.15, 0.2) is 0 Å². The lowest BCUT2D eigenvalue weighted by Gasteiger charge is -2.42. The lowest BCUT2D eigenvalue weighted by Crippen LogP contribution is -2.56. The molecule has 1 saturated carbocycles. The number of piperazine rings is 1. The predicted molar refractivity (Wildman–Crippen MR) is 112 cm³/mol. The number of carbonyl (C=O) groups excluding carboxylic acids is 1. The Balaban J connectivity index is 1.30. The maximum Gasteiger partial charge on any atom is 0.229 e. The molecular formula is C23H21FN6O. The van der Waals surface area contributed by atoms with E-state index in [1.165, 1.54) is 0 Å². The molecule has 8 heteroatoms. The Labute approximate surface area is 178 Å². The van der Waals surface area contributed by atoms with Crippen molar-refractivity contribution in [2.45, 2.75) is 37.5 Å². The molecule has 0 aromatic carbocycles. The van der Waals surface area contributed by atoms with Gasteiger partial charge in [-0.1, -0.05) is 0 Å². The van der Waals surface area contributed by atoms with Crippen LogP contribution in [0.4, 0.5) is 10.1 Å². The Bertz CT molecular complexity index is 1200. The summed E-state index contributed by atoms with van der Waals surface area (Å²) < 4.78 is 15.3. The van der Waals surface area contributed by atoms with Gasteiger partial charge >= 0.3 is 0 Å². The molecule has 31 heavy (non-hydrogen) atoms. The normalized spacial score (nSPS) is 26.8. The van der Waals surface area contributed by atoms with E-state index in [4.69, 9.17) is 5.26 Å². The minimum atomic E-state index is -0.944. The van der Waals surface area contributed by atoms with E-state index in [9.17, 15) is 9.18 Å². The number of alkyl halides is 1. The zero-order valence-corrected chi connectivity index (χ0v) is 16.9. The molecule has 5 heterocycles. The Hall–Kier alpha value is -3.47. The highest BCUT2D eigenvalue weighted by Gasteiger charge is 2.51. The molecule has 3 aromatic heterocycles. The van der Waals surface area contributed by atoms with Crippen molar-refractivity contribution >= 4 is 17.1 Å². The van der Waals surface area contributed by atoms with Gasteiger partial charge in [-0.25, -0.2) is 13.9 Å². The fraction of sp³-hybridized carbons (Fsp3) is 0.391. The fourth-order valence-corrected chi connectivity index (χ4v) is 5.13. The number of amides is 1. The molecular weight excluding hydrogens is 395 g/mol. The average molecular weight is 416 g/mol. The number of pyridine rings is 1. The molecule has 2 aliphatic heterocycles. The average Bonchev–Trinajstić information content (AvgIpc) is 3.26. The van der Waals surface area contributed by atoms with Gasteiger partial charge in [0, 0.05) is 54.9 Å². The number of fused-ring (bicyclic) bond motifs is 3. The highest BCUT2D eigenvalue weighted by molar-refractivity contribution is 5.84. The highest BCUT2D eigenvalue weighted by atomic mass is 19.1. The fourth-order valence-electron chi connectivity index (χ4n) is 5.13. The van der Waals surface area contributed by atoms with Crippen LogP contribution >= 0.6 is 0 Å². The van der Waals surface area contributed by atoms with Crippen LogP contribution in [0.1, 0.15) is 25.0 Å². The first-order valence-electron chi connectivity index (χ1n) is 10.7. The third kappa shape index (κ3) is 2.95. The van der Waals surface area contributed by atoms with Crippen molar-refractivity contribution in [3.8, 4) is 17.2 Å². The molecule has 156 valence electrons. The van der Waals surface area contributed by atoms with Gasteiger partial charge in [0.2, 0.25) is 5.91 Å². The SMILES string of the molecule is N#Cc1ccc(-c2cc3c(N4CC5CCC(C4)N5C(=O)[C@@H]4C[C@H]4F)ccnn3c2)cn1. The van der Waals surface area contributed by atoms with E-state index >= 15 is 0 Å². The summed E-state index contributed by atoms with van der Waals surface area (Å²) in [5.74, 6) is -0.394.